The van der Waals surface area contributed by atoms with Crippen LogP contribution in [-0.4, -0.2) is 16.9 Å². The highest BCUT2D eigenvalue weighted by Gasteiger charge is 2.35. The average molecular weight is 384 g/mol. The van der Waals surface area contributed by atoms with Crippen molar-refractivity contribution in [1.82, 2.24) is 0 Å². The van der Waals surface area contributed by atoms with Gasteiger partial charge in [-0.15, -0.1) is 0 Å². The number of anilines is 2. The predicted molar refractivity (Wildman–Crippen MR) is 83.7 cm³/mol. The first kappa shape index (κ1) is 18.4. The number of rotatable bonds is 3. The first-order valence-corrected chi connectivity index (χ1v) is 7.30. The summed E-state index contributed by atoms with van der Waals surface area (Å²) >= 11 is 0. The van der Waals surface area contributed by atoms with E-state index in [1.165, 1.54) is 0 Å². The fourth-order valence-corrected chi connectivity index (χ4v) is 2.42. The summed E-state index contributed by atoms with van der Waals surface area (Å²) in [6.07, 6.45) is -3.89. The Balaban J connectivity index is 1.88. The Kier molecular flexibility index (Phi) is 4.34. The Morgan fingerprint density at radius 3 is 2.22 bits per heavy atom. The number of aromatic hydroxyl groups is 1. The van der Waals surface area contributed by atoms with Gasteiger partial charge in [-0.2, -0.15) is 13.2 Å². The van der Waals surface area contributed by atoms with Crippen molar-refractivity contribution in [3.8, 4) is 5.75 Å². The lowest BCUT2D eigenvalue weighted by atomic mass is 10.2. The summed E-state index contributed by atoms with van der Waals surface area (Å²) in [5.41, 5.74) is -2.04. The van der Waals surface area contributed by atoms with Gasteiger partial charge in [0.05, 0.1) is 11.3 Å². The van der Waals surface area contributed by atoms with Gasteiger partial charge in [0.25, 0.3) is 11.8 Å². The molecule has 1 aliphatic rings. The van der Waals surface area contributed by atoms with Gasteiger partial charge in [0.2, 0.25) is 0 Å². The van der Waals surface area contributed by atoms with Crippen LogP contribution < -0.4 is 10.2 Å². The largest absolute Gasteiger partial charge is 0.503 e. The van der Waals surface area contributed by atoms with Crippen molar-refractivity contribution in [3.05, 3.63) is 65.4 Å². The third-order valence-corrected chi connectivity index (χ3v) is 3.65. The first-order chi connectivity index (χ1) is 12.6. The number of phenols is 1. The summed E-state index contributed by atoms with van der Waals surface area (Å²) < 4.78 is 65.2. The molecule has 2 N–H and O–H groups in total. The molecule has 0 radical (unpaired) electrons. The first-order valence-electron chi connectivity index (χ1n) is 7.30. The van der Waals surface area contributed by atoms with Gasteiger partial charge in [-0.3, -0.25) is 9.59 Å². The second-order valence-electron chi connectivity index (χ2n) is 5.50. The number of nitrogens with zero attached hydrogens (tertiary/aromatic N) is 1. The van der Waals surface area contributed by atoms with E-state index in [-0.39, 0.29) is 11.4 Å². The van der Waals surface area contributed by atoms with Crippen molar-refractivity contribution in [2.75, 3.05) is 10.2 Å². The molecule has 5 nitrogen and oxygen atoms in total. The van der Waals surface area contributed by atoms with Crippen molar-refractivity contribution in [2.45, 2.75) is 6.18 Å². The van der Waals surface area contributed by atoms with Crippen molar-refractivity contribution in [2.24, 2.45) is 0 Å². The van der Waals surface area contributed by atoms with Gasteiger partial charge in [0.1, 0.15) is 5.70 Å². The molecule has 2 aromatic carbocycles. The van der Waals surface area contributed by atoms with Gasteiger partial charge in [-0.05, 0) is 18.2 Å². The fourth-order valence-electron chi connectivity index (χ4n) is 2.42. The SMILES string of the molecule is O=C1C=C(Nc2cc(F)c(O)c(F)c2)C(=O)N1c1cccc(C(F)(F)F)c1. The summed E-state index contributed by atoms with van der Waals surface area (Å²) in [5, 5.41) is 11.4. The number of hydrogen-bond acceptors (Lipinski definition) is 4. The molecule has 27 heavy (non-hydrogen) atoms. The second-order valence-corrected chi connectivity index (χ2v) is 5.50. The maximum atomic E-state index is 13.4. The number of imide groups is 1. The quantitative estimate of drug-likeness (QED) is 0.482. The summed E-state index contributed by atoms with van der Waals surface area (Å²) in [4.78, 5) is 24.9. The van der Waals surface area contributed by atoms with E-state index in [2.05, 4.69) is 5.32 Å². The van der Waals surface area contributed by atoms with Gasteiger partial charge in [0.15, 0.2) is 17.4 Å². The minimum absolute atomic E-state index is 0.277. The van der Waals surface area contributed by atoms with E-state index in [0.717, 1.165) is 24.3 Å². The molecule has 0 saturated carbocycles. The lowest BCUT2D eigenvalue weighted by Crippen LogP contribution is -2.32. The molecule has 2 aromatic rings. The lowest BCUT2D eigenvalue weighted by molar-refractivity contribution is -0.137. The summed E-state index contributed by atoms with van der Waals surface area (Å²) in [6, 6.07) is 4.96. The highest BCUT2D eigenvalue weighted by atomic mass is 19.4. The van der Waals surface area contributed by atoms with Crippen LogP contribution in [0.5, 0.6) is 5.75 Å². The molecule has 0 bridgehead atoms. The fraction of sp³-hybridized carbons (Fsp3) is 0.0588. The molecule has 1 aliphatic heterocycles. The van der Waals surface area contributed by atoms with Crippen molar-refractivity contribution >= 4 is 23.2 Å². The second kappa shape index (κ2) is 6.38. The molecule has 10 heteroatoms. The zero-order valence-corrected chi connectivity index (χ0v) is 13.1. The Bertz CT molecular complexity index is 962. The van der Waals surface area contributed by atoms with E-state index in [9.17, 15) is 31.5 Å². The van der Waals surface area contributed by atoms with Crippen LogP contribution in [0.1, 0.15) is 5.56 Å². The number of amides is 2. The number of alkyl halides is 3. The predicted octanol–water partition coefficient (Wildman–Crippen LogP) is 3.56. The Morgan fingerprint density at radius 2 is 1.63 bits per heavy atom. The van der Waals surface area contributed by atoms with Crippen LogP contribution in [0.25, 0.3) is 0 Å². The molecule has 1 heterocycles. The van der Waals surface area contributed by atoms with Crippen LogP contribution in [0.4, 0.5) is 33.3 Å². The van der Waals surface area contributed by atoms with E-state index < -0.39 is 46.6 Å². The van der Waals surface area contributed by atoms with Gasteiger partial charge in [-0.25, -0.2) is 13.7 Å². The highest BCUT2D eigenvalue weighted by molar-refractivity contribution is 6.31. The van der Waals surface area contributed by atoms with Crippen LogP contribution in [-0.2, 0) is 15.8 Å². The molecule has 2 amide bonds. The smallest absolute Gasteiger partial charge is 0.416 e. The number of halogens is 5. The zero-order valence-electron chi connectivity index (χ0n) is 13.1. The minimum atomic E-state index is -4.67. The number of phenolic OH excluding ortho intramolecular Hbond substituents is 1. The van der Waals surface area contributed by atoms with Gasteiger partial charge >= 0.3 is 6.18 Å². The highest BCUT2D eigenvalue weighted by Crippen LogP contribution is 2.33. The molecular formula is C17H9F5N2O3. The van der Waals surface area contributed by atoms with Crippen LogP contribution in [0, 0.1) is 11.6 Å². The third-order valence-electron chi connectivity index (χ3n) is 3.65. The van der Waals surface area contributed by atoms with Crippen LogP contribution in [0.2, 0.25) is 0 Å². The normalized spacial score (nSPS) is 14.6. The topological polar surface area (TPSA) is 69.6 Å². The Morgan fingerprint density at radius 1 is 1.00 bits per heavy atom. The maximum absolute atomic E-state index is 13.4. The van der Waals surface area contributed by atoms with Crippen molar-refractivity contribution in [3.63, 3.8) is 0 Å². The van der Waals surface area contributed by atoms with E-state index in [4.69, 9.17) is 5.11 Å². The molecular weight excluding hydrogens is 375 g/mol. The third kappa shape index (κ3) is 3.46. The van der Waals surface area contributed by atoms with Crippen molar-refractivity contribution < 1.29 is 36.6 Å². The molecule has 0 unspecified atom stereocenters. The minimum Gasteiger partial charge on any atom is -0.503 e. The van der Waals surface area contributed by atoms with E-state index in [1.807, 2.05) is 0 Å². The number of carbonyl (C=O) groups excluding carboxylic acids is 2. The monoisotopic (exact) mass is 384 g/mol. The van der Waals surface area contributed by atoms with Gasteiger partial charge in [-0.1, -0.05) is 6.07 Å². The molecule has 0 aromatic heterocycles. The van der Waals surface area contributed by atoms with Gasteiger partial charge < -0.3 is 10.4 Å². The van der Waals surface area contributed by atoms with E-state index >= 15 is 0 Å². The number of carbonyl (C=O) groups is 2. The summed E-state index contributed by atoms with van der Waals surface area (Å²) in [6.45, 7) is 0. The standard InChI is InChI=1S/C17H9F5N2O3/c18-11-5-9(6-12(19)15(11)26)23-13-7-14(25)24(16(13)27)10-3-1-2-8(4-10)17(20,21)22/h1-7,23,26H. The number of benzene rings is 2. The molecule has 3 rings (SSSR count). The molecule has 0 aliphatic carbocycles. The molecule has 0 saturated heterocycles. The average Bonchev–Trinajstić information content (AvgIpc) is 2.85. The maximum Gasteiger partial charge on any atom is 0.416 e. The molecule has 0 atom stereocenters. The van der Waals surface area contributed by atoms with E-state index in [0.29, 0.717) is 23.1 Å². The van der Waals surface area contributed by atoms with Gasteiger partial charge in [0, 0.05) is 23.9 Å². The zero-order chi connectivity index (χ0) is 19.9. The van der Waals surface area contributed by atoms with Crippen molar-refractivity contribution in [1.29, 1.82) is 0 Å². The van der Waals surface area contributed by atoms with Crippen LogP contribution in [0.3, 0.4) is 0 Å². The molecule has 140 valence electrons. The summed E-state index contributed by atoms with van der Waals surface area (Å²) in [7, 11) is 0. The Labute approximate surface area is 148 Å². The lowest BCUT2D eigenvalue weighted by Gasteiger charge is -2.17. The number of nitrogens with one attached hydrogen (secondary N) is 1. The van der Waals surface area contributed by atoms with Crippen LogP contribution >= 0.6 is 0 Å². The van der Waals surface area contributed by atoms with Crippen LogP contribution in [0.15, 0.2) is 48.2 Å². The Hall–Kier alpha value is -3.43. The molecule has 0 spiro atoms. The number of hydrogen-bond donors (Lipinski definition) is 2. The van der Waals surface area contributed by atoms with E-state index in [1.54, 1.807) is 0 Å². The molecule has 0 fully saturated rings. The summed E-state index contributed by atoms with van der Waals surface area (Å²) in [5.74, 6) is -5.75.